The Morgan fingerprint density at radius 2 is 2.05 bits per heavy atom. The van der Waals surface area contributed by atoms with Gasteiger partial charge in [-0.05, 0) is 24.6 Å². The van der Waals surface area contributed by atoms with E-state index >= 15 is 0 Å². The summed E-state index contributed by atoms with van der Waals surface area (Å²) in [6, 6.07) is 1.98. The van der Waals surface area contributed by atoms with Crippen molar-refractivity contribution in [2.45, 2.75) is 18.9 Å². The highest BCUT2D eigenvalue weighted by Crippen LogP contribution is 2.16. The zero-order valence-corrected chi connectivity index (χ0v) is 11.0. The average Bonchev–Trinajstić information content (AvgIpc) is 2.36. The molecule has 1 atom stereocenters. The molecule has 1 rings (SSSR count). The van der Waals surface area contributed by atoms with Gasteiger partial charge >= 0.3 is 5.97 Å². The lowest BCUT2D eigenvalue weighted by Gasteiger charge is -2.13. The monoisotopic (exact) mass is 302 g/mol. The number of nitrogens with two attached hydrogens (primary N) is 1. The highest BCUT2D eigenvalue weighted by Gasteiger charge is 2.21. The van der Waals surface area contributed by atoms with Gasteiger partial charge in [0.15, 0.2) is 0 Å². The SMILES string of the molecule is NC(=O)CC[C@H](NC(=O)c1ccc(F)c(Cl)c1)C(=O)O. The minimum absolute atomic E-state index is 0.0155. The Labute approximate surface area is 118 Å². The van der Waals surface area contributed by atoms with Gasteiger partial charge in [0.05, 0.1) is 5.02 Å². The van der Waals surface area contributed by atoms with Crippen molar-refractivity contribution in [1.82, 2.24) is 5.32 Å². The minimum atomic E-state index is -1.30. The van der Waals surface area contributed by atoms with Crippen LogP contribution in [0, 0.1) is 5.82 Å². The Kier molecular flexibility index (Phi) is 5.45. The first kappa shape index (κ1) is 15.9. The standard InChI is InChI=1S/C12H12ClFN2O4/c13-7-5-6(1-2-8(7)14)11(18)16-9(12(19)20)3-4-10(15)17/h1-2,5,9H,3-4H2,(H2,15,17)(H,16,18)(H,19,20)/t9-/m0/s1. The van der Waals surface area contributed by atoms with Crippen LogP contribution in [0.5, 0.6) is 0 Å². The lowest BCUT2D eigenvalue weighted by Crippen LogP contribution is -2.41. The zero-order valence-electron chi connectivity index (χ0n) is 10.2. The third-order valence-corrected chi connectivity index (χ3v) is 2.75. The van der Waals surface area contributed by atoms with Gasteiger partial charge in [-0.25, -0.2) is 9.18 Å². The van der Waals surface area contributed by atoms with Crippen LogP contribution < -0.4 is 11.1 Å². The average molecular weight is 303 g/mol. The van der Waals surface area contributed by atoms with Crippen LogP contribution in [0.4, 0.5) is 4.39 Å². The van der Waals surface area contributed by atoms with E-state index in [4.69, 9.17) is 22.4 Å². The van der Waals surface area contributed by atoms with Gasteiger partial charge in [-0.3, -0.25) is 9.59 Å². The van der Waals surface area contributed by atoms with Crippen molar-refractivity contribution in [3.8, 4) is 0 Å². The van der Waals surface area contributed by atoms with Crippen LogP contribution in [0.2, 0.25) is 5.02 Å². The third-order valence-electron chi connectivity index (χ3n) is 2.46. The number of halogens is 2. The van der Waals surface area contributed by atoms with E-state index in [2.05, 4.69) is 5.32 Å². The highest BCUT2D eigenvalue weighted by atomic mass is 35.5. The lowest BCUT2D eigenvalue weighted by molar-refractivity contribution is -0.139. The van der Waals surface area contributed by atoms with Crippen LogP contribution >= 0.6 is 11.6 Å². The normalized spacial score (nSPS) is 11.7. The number of carbonyl (C=O) groups excluding carboxylic acids is 2. The maximum Gasteiger partial charge on any atom is 0.326 e. The molecule has 0 heterocycles. The van der Waals surface area contributed by atoms with Gasteiger partial charge in [0.25, 0.3) is 5.91 Å². The second-order valence-corrected chi connectivity index (χ2v) is 4.41. The topological polar surface area (TPSA) is 109 Å². The van der Waals surface area contributed by atoms with Gasteiger partial charge < -0.3 is 16.2 Å². The zero-order chi connectivity index (χ0) is 15.3. The first-order valence-electron chi connectivity index (χ1n) is 5.58. The smallest absolute Gasteiger partial charge is 0.326 e. The predicted molar refractivity (Wildman–Crippen MR) is 68.7 cm³/mol. The first-order valence-corrected chi connectivity index (χ1v) is 5.96. The van der Waals surface area contributed by atoms with E-state index < -0.39 is 29.6 Å². The molecular weight excluding hydrogens is 291 g/mol. The Bertz CT molecular complexity index is 550. The van der Waals surface area contributed by atoms with Crippen molar-refractivity contribution in [3.63, 3.8) is 0 Å². The molecule has 0 unspecified atom stereocenters. The summed E-state index contributed by atoms with van der Waals surface area (Å²) in [5.41, 5.74) is 4.93. The molecular formula is C12H12ClFN2O4. The molecule has 6 nitrogen and oxygen atoms in total. The predicted octanol–water partition coefficient (Wildman–Crippen LogP) is 0.928. The van der Waals surface area contributed by atoms with Gasteiger partial charge in [0.1, 0.15) is 11.9 Å². The number of nitrogens with one attached hydrogen (secondary N) is 1. The maximum atomic E-state index is 13.0. The molecule has 1 aromatic carbocycles. The van der Waals surface area contributed by atoms with E-state index in [0.29, 0.717) is 0 Å². The number of carbonyl (C=O) groups is 3. The second kappa shape index (κ2) is 6.85. The molecule has 0 saturated carbocycles. The fourth-order valence-corrected chi connectivity index (χ4v) is 1.60. The maximum absolute atomic E-state index is 13.0. The van der Waals surface area contributed by atoms with Gasteiger partial charge in [-0.2, -0.15) is 0 Å². The molecule has 0 radical (unpaired) electrons. The largest absolute Gasteiger partial charge is 0.480 e. The van der Waals surface area contributed by atoms with Crippen LogP contribution in [0.1, 0.15) is 23.2 Å². The molecule has 0 spiro atoms. The molecule has 2 amide bonds. The van der Waals surface area contributed by atoms with Gasteiger partial charge in [-0.15, -0.1) is 0 Å². The fraction of sp³-hybridized carbons (Fsp3) is 0.250. The molecule has 0 aliphatic carbocycles. The van der Waals surface area contributed by atoms with Crippen LogP contribution in [-0.4, -0.2) is 28.9 Å². The molecule has 108 valence electrons. The van der Waals surface area contributed by atoms with Crippen molar-refractivity contribution < 1.29 is 23.9 Å². The van der Waals surface area contributed by atoms with Crippen LogP contribution in [0.3, 0.4) is 0 Å². The minimum Gasteiger partial charge on any atom is -0.480 e. The van der Waals surface area contributed by atoms with Gasteiger partial charge in [-0.1, -0.05) is 11.6 Å². The quantitative estimate of drug-likeness (QED) is 0.726. The van der Waals surface area contributed by atoms with E-state index in [0.717, 1.165) is 12.1 Å². The number of benzene rings is 1. The summed E-state index contributed by atoms with van der Waals surface area (Å²) in [5, 5.41) is 10.9. The Morgan fingerprint density at radius 3 is 2.55 bits per heavy atom. The number of hydrogen-bond acceptors (Lipinski definition) is 3. The second-order valence-electron chi connectivity index (χ2n) is 4.00. The number of hydrogen-bond donors (Lipinski definition) is 3. The summed E-state index contributed by atoms with van der Waals surface area (Å²) in [6.07, 6.45) is -0.313. The number of carboxylic acids is 1. The Hall–Kier alpha value is -2.15. The molecule has 0 aliphatic heterocycles. The van der Waals surface area contributed by atoms with E-state index in [1.54, 1.807) is 0 Å². The molecule has 1 aromatic rings. The summed E-state index contributed by atoms with van der Waals surface area (Å²) < 4.78 is 13.0. The summed E-state index contributed by atoms with van der Waals surface area (Å²) >= 11 is 5.53. The summed E-state index contributed by atoms with van der Waals surface area (Å²) in [4.78, 5) is 33.4. The van der Waals surface area contributed by atoms with Crippen molar-refractivity contribution in [3.05, 3.63) is 34.6 Å². The molecule has 0 aliphatic rings. The fourth-order valence-electron chi connectivity index (χ4n) is 1.42. The number of rotatable bonds is 6. The number of carboxylic acid groups (broad SMARTS) is 1. The van der Waals surface area contributed by atoms with Crippen molar-refractivity contribution >= 4 is 29.4 Å². The van der Waals surface area contributed by atoms with Gasteiger partial charge in [0.2, 0.25) is 5.91 Å². The Balaban J connectivity index is 2.77. The third kappa shape index (κ3) is 4.51. The molecule has 8 heteroatoms. The van der Waals surface area contributed by atoms with Crippen molar-refractivity contribution in [2.24, 2.45) is 5.73 Å². The van der Waals surface area contributed by atoms with Crippen LogP contribution in [0.25, 0.3) is 0 Å². The summed E-state index contributed by atoms with van der Waals surface area (Å²) in [6.45, 7) is 0. The molecule has 4 N–H and O–H groups in total. The lowest BCUT2D eigenvalue weighted by atomic mass is 10.1. The van der Waals surface area contributed by atoms with E-state index in [1.807, 2.05) is 0 Å². The summed E-state index contributed by atoms with van der Waals surface area (Å²) in [7, 11) is 0. The van der Waals surface area contributed by atoms with Crippen molar-refractivity contribution in [1.29, 1.82) is 0 Å². The highest BCUT2D eigenvalue weighted by molar-refractivity contribution is 6.31. The molecule has 0 aromatic heterocycles. The first-order chi connectivity index (χ1) is 9.31. The van der Waals surface area contributed by atoms with Crippen LogP contribution in [0.15, 0.2) is 18.2 Å². The van der Waals surface area contributed by atoms with E-state index in [-0.39, 0.29) is 23.4 Å². The number of aliphatic carboxylic acids is 1. The van der Waals surface area contributed by atoms with Crippen molar-refractivity contribution in [2.75, 3.05) is 0 Å². The number of amides is 2. The Morgan fingerprint density at radius 1 is 1.40 bits per heavy atom. The van der Waals surface area contributed by atoms with E-state index in [1.165, 1.54) is 6.07 Å². The molecule has 0 fully saturated rings. The number of primary amides is 1. The summed E-state index contributed by atoms with van der Waals surface area (Å²) in [5.74, 6) is -3.39. The van der Waals surface area contributed by atoms with Crippen LogP contribution in [-0.2, 0) is 9.59 Å². The molecule has 20 heavy (non-hydrogen) atoms. The van der Waals surface area contributed by atoms with E-state index in [9.17, 15) is 18.8 Å². The molecule has 0 bridgehead atoms. The molecule has 0 saturated heterocycles. The van der Waals surface area contributed by atoms with Gasteiger partial charge in [0, 0.05) is 12.0 Å².